The predicted molar refractivity (Wildman–Crippen MR) is 225 cm³/mol. The SMILES string of the molecule is CCCCC(CCCC)N1C(=O)c2ccc3c4ccc5c6c(cc(P(=O)(OCC)OCC)c(c7ccc(c2c37)C1=O)c64)C(=O)N(C(CCCC)CCCC)C5=O. The fraction of sp³-hybridized carbons (Fsp3) is 0.478. The molecule has 296 valence electrons. The monoisotopic (exact) mass is 778 g/mol. The van der Waals surface area contributed by atoms with Crippen molar-refractivity contribution in [3.63, 3.8) is 0 Å². The summed E-state index contributed by atoms with van der Waals surface area (Å²) in [5, 5.41) is 5.34. The van der Waals surface area contributed by atoms with Gasteiger partial charge in [-0.3, -0.25) is 33.5 Å². The van der Waals surface area contributed by atoms with E-state index in [1.54, 1.807) is 32.0 Å². The number of nitrogens with zero attached hydrogens (tertiary/aromatic N) is 2. The molecule has 0 N–H and O–H groups in total. The Balaban J connectivity index is 1.55. The zero-order valence-electron chi connectivity index (χ0n) is 33.8. The zero-order valence-corrected chi connectivity index (χ0v) is 34.7. The van der Waals surface area contributed by atoms with Crippen molar-refractivity contribution in [3.05, 3.63) is 64.7 Å². The molecule has 0 aliphatic carbocycles. The van der Waals surface area contributed by atoms with Crippen LogP contribution in [0.1, 0.15) is 160 Å². The number of rotatable bonds is 19. The molecule has 0 saturated carbocycles. The normalized spacial score (nSPS) is 14.8. The Morgan fingerprint density at radius 2 is 0.857 bits per heavy atom. The van der Waals surface area contributed by atoms with Crippen LogP contribution in [-0.4, -0.2) is 58.7 Å². The number of imide groups is 2. The van der Waals surface area contributed by atoms with E-state index in [9.17, 15) is 19.2 Å². The van der Waals surface area contributed by atoms with E-state index in [1.807, 2.05) is 24.3 Å². The minimum Gasteiger partial charge on any atom is -0.305 e. The van der Waals surface area contributed by atoms with Crippen LogP contribution in [0.2, 0.25) is 0 Å². The number of benzene rings is 5. The van der Waals surface area contributed by atoms with Gasteiger partial charge in [-0.25, -0.2) is 0 Å². The molecule has 0 radical (unpaired) electrons. The van der Waals surface area contributed by atoms with Crippen LogP contribution in [-0.2, 0) is 13.6 Å². The number of hydrogen-bond donors (Lipinski definition) is 0. The fourth-order valence-corrected chi connectivity index (χ4v) is 11.2. The van der Waals surface area contributed by atoms with Crippen molar-refractivity contribution in [3.8, 4) is 0 Å². The van der Waals surface area contributed by atoms with E-state index in [4.69, 9.17) is 9.05 Å². The van der Waals surface area contributed by atoms with Gasteiger partial charge in [-0.15, -0.1) is 0 Å². The lowest BCUT2D eigenvalue weighted by Crippen LogP contribution is -2.47. The lowest BCUT2D eigenvalue weighted by atomic mass is 9.81. The molecule has 56 heavy (non-hydrogen) atoms. The third-order valence-electron chi connectivity index (χ3n) is 12.0. The summed E-state index contributed by atoms with van der Waals surface area (Å²) < 4.78 is 27.1. The van der Waals surface area contributed by atoms with Crippen molar-refractivity contribution in [2.45, 2.75) is 131 Å². The van der Waals surface area contributed by atoms with E-state index in [0.717, 1.165) is 75.0 Å². The quantitative estimate of drug-likeness (QED) is 0.0355. The summed E-state index contributed by atoms with van der Waals surface area (Å²) in [6.45, 7) is 12.1. The first-order valence-electron chi connectivity index (χ1n) is 21.0. The summed E-state index contributed by atoms with van der Waals surface area (Å²) in [6, 6.07) is 12.3. The minimum atomic E-state index is -4.07. The molecule has 0 atom stereocenters. The van der Waals surface area contributed by atoms with Gasteiger partial charge in [-0.1, -0.05) is 97.3 Å². The van der Waals surface area contributed by atoms with Crippen molar-refractivity contribution in [2.75, 3.05) is 13.2 Å². The number of amides is 4. The van der Waals surface area contributed by atoms with Crippen molar-refractivity contribution in [1.82, 2.24) is 9.80 Å². The maximum atomic E-state index is 15.1. The van der Waals surface area contributed by atoms with E-state index in [1.165, 1.54) is 9.80 Å². The van der Waals surface area contributed by atoms with E-state index in [0.29, 0.717) is 67.4 Å². The van der Waals surface area contributed by atoms with Gasteiger partial charge in [0.2, 0.25) is 0 Å². The molecule has 0 fully saturated rings. The molecule has 0 unspecified atom stereocenters. The van der Waals surface area contributed by atoms with Gasteiger partial charge in [0, 0.05) is 50.5 Å². The Kier molecular flexibility index (Phi) is 11.7. The lowest BCUT2D eigenvalue weighted by molar-refractivity contribution is 0.0502. The Hall–Kier alpha value is -4.17. The second kappa shape index (κ2) is 16.4. The molecule has 4 amide bonds. The molecule has 10 heteroatoms. The third kappa shape index (κ3) is 6.35. The molecular weight excluding hydrogens is 723 g/mol. The first-order valence-corrected chi connectivity index (χ1v) is 22.6. The standard InChI is InChI=1S/C46H55N2O7P/c1-7-13-17-28(18-14-8-2)47-43(49)33-24-21-30-31-22-25-35-40-36(46(52)48(45(35)51)29(19-15-9-3)20-16-10-4)27-37(56(53,54-11-5)55-12-6)41(42(31)40)32-23-26-34(44(47)50)39(33)38(30)32/h21-29H,7-20H2,1-6H3. The molecule has 2 aliphatic rings. The van der Waals surface area contributed by atoms with E-state index < -0.39 is 13.5 Å². The van der Waals surface area contributed by atoms with Crippen LogP contribution in [0.25, 0.3) is 43.1 Å². The molecule has 2 heterocycles. The number of carbonyl (C=O) groups excluding carboxylic acids is 4. The van der Waals surface area contributed by atoms with Crippen LogP contribution < -0.4 is 5.30 Å². The summed E-state index contributed by atoms with van der Waals surface area (Å²) in [5.41, 5.74) is 1.63. The predicted octanol–water partition coefficient (Wildman–Crippen LogP) is 11.3. The smallest absolute Gasteiger partial charge is 0.305 e. The van der Waals surface area contributed by atoms with E-state index >= 15 is 4.57 Å². The highest BCUT2D eigenvalue weighted by molar-refractivity contribution is 7.62. The van der Waals surface area contributed by atoms with Gasteiger partial charge in [0.25, 0.3) is 23.6 Å². The van der Waals surface area contributed by atoms with Gasteiger partial charge in [-0.2, -0.15) is 0 Å². The molecule has 0 bridgehead atoms. The highest BCUT2D eigenvalue weighted by atomic mass is 31.2. The van der Waals surface area contributed by atoms with Crippen LogP contribution in [0.3, 0.4) is 0 Å². The van der Waals surface area contributed by atoms with Crippen LogP contribution >= 0.6 is 7.60 Å². The van der Waals surface area contributed by atoms with Crippen molar-refractivity contribution < 1.29 is 32.8 Å². The summed E-state index contributed by atoms with van der Waals surface area (Å²) in [5.74, 6) is -1.33. The molecule has 0 saturated heterocycles. The Morgan fingerprint density at radius 1 is 0.482 bits per heavy atom. The average Bonchev–Trinajstić information content (AvgIpc) is 3.19. The summed E-state index contributed by atoms with van der Waals surface area (Å²) in [4.78, 5) is 61.4. The maximum Gasteiger partial charge on any atom is 0.361 e. The van der Waals surface area contributed by atoms with Gasteiger partial charge in [0.05, 0.1) is 18.5 Å². The number of hydrogen-bond acceptors (Lipinski definition) is 7. The highest BCUT2D eigenvalue weighted by Crippen LogP contribution is 2.54. The highest BCUT2D eigenvalue weighted by Gasteiger charge is 2.43. The van der Waals surface area contributed by atoms with Crippen LogP contribution in [0.15, 0.2) is 42.5 Å². The van der Waals surface area contributed by atoms with Gasteiger partial charge in [0.1, 0.15) is 0 Å². The van der Waals surface area contributed by atoms with Gasteiger partial charge in [-0.05, 0) is 90.7 Å². The number of fused-ring (bicyclic) bond motifs is 2. The molecule has 0 spiro atoms. The summed E-state index contributed by atoms with van der Waals surface area (Å²) in [7, 11) is -4.07. The van der Waals surface area contributed by atoms with Crippen molar-refractivity contribution >= 4 is 79.6 Å². The topological polar surface area (TPSA) is 110 Å². The summed E-state index contributed by atoms with van der Waals surface area (Å²) in [6.07, 6.45) is 10.3. The van der Waals surface area contributed by atoms with Crippen molar-refractivity contribution in [1.29, 1.82) is 0 Å². The zero-order chi connectivity index (χ0) is 39.9. The minimum absolute atomic E-state index is 0.0941. The Morgan fingerprint density at radius 3 is 1.27 bits per heavy atom. The summed E-state index contributed by atoms with van der Waals surface area (Å²) >= 11 is 0. The van der Waals surface area contributed by atoms with Gasteiger partial charge in [0.15, 0.2) is 0 Å². The molecular formula is C46H55N2O7P. The van der Waals surface area contributed by atoms with Gasteiger partial charge >= 0.3 is 7.60 Å². The Labute approximate surface area is 329 Å². The molecule has 0 aromatic heterocycles. The lowest BCUT2D eigenvalue weighted by Gasteiger charge is -2.36. The van der Waals surface area contributed by atoms with E-state index in [2.05, 4.69) is 27.7 Å². The largest absolute Gasteiger partial charge is 0.361 e. The molecule has 5 aromatic carbocycles. The first kappa shape index (κ1) is 40.0. The third-order valence-corrected chi connectivity index (χ3v) is 14.1. The van der Waals surface area contributed by atoms with E-state index in [-0.39, 0.29) is 48.3 Å². The molecule has 7 rings (SSSR count). The first-order chi connectivity index (χ1) is 27.1. The fourth-order valence-electron chi connectivity index (χ4n) is 9.34. The van der Waals surface area contributed by atoms with Crippen LogP contribution in [0.5, 0.6) is 0 Å². The van der Waals surface area contributed by atoms with Gasteiger partial charge < -0.3 is 9.05 Å². The molecule has 5 aromatic rings. The second-order valence-electron chi connectivity index (χ2n) is 15.5. The van der Waals surface area contributed by atoms with Crippen molar-refractivity contribution in [2.24, 2.45) is 0 Å². The van der Waals surface area contributed by atoms with Crippen LogP contribution in [0, 0.1) is 0 Å². The molecule has 2 aliphatic heterocycles. The Bertz CT molecular complexity index is 2350. The van der Waals surface area contributed by atoms with Crippen LogP contribution in [0.4, 0.5) is 0 Å². The maximum absolute atomic E-state index is 15.1. The number of unbranched alkanes of at least 4 members (excludes halogenated alkanes) is 4. The molecule has 9 nitrogen and oxygen atoms in total. The second-order valence-corrected chi connectivity index (χ2v) is 17.5. The average molecular weight is 779 g/mol. The number of carbonyl (C=O) groups is 4.